The number of aryl methyl sites for hydroxylation is 3. The molecule has 0 spiro atoms. The molecule has 0 atom stereocenters. The molecule has 3 N–H and O–H groups in total. The van der Waals surface area contributed by atoms with Crippen molar-refractivity contribution >= 4 is 43.8 Å². The number of rotatable bonds is 3. The van der Waals surface area contributed by atoms with E-state index in [-0.39, 0.29) is 10.6 Å². The van der Waals surface area contributed by atoms with Crippen molar-refractivity contribution in [1.82, 2.24) is 4.98 Å². The van der Waals surface area contributed by atoms with Crippen LogP contribution >= 0.6 is 22.9 Å². The highest BCUT2D eigenvalue weighted by Gasteiger charge is 2.23. The van der Waals surface area contributed by atoms with E-state index in [0.29, 0.717) is 15.7 Å². The summed E-state index contributed by atoms with van der Waals surface area (Å²) in [5.41, 5.74) is 7.49. The Labute approximate surface area is 132 Å². The van der Waals surface area contributed by atoms with Crippen molar-refractivity contribution in [2.24, 2.45) is 0 Å². The molecular formula is C13H14ClN3O2S2. The van der Waals surface area contributed by atoms with Crippen LogP contribution in [0.15, 0.2) is 17.0 Å². The number of sulfonamides is 1. The largest absolute Gasteiger partial charge is 0.397 e. The van der Waals surface area contributed by atoms with Crippen molar-refractivity contribution in [3.63, 3.8) is 0 Å². The maximum atomic E-state index is 12.5. The topological polar surface area (TPSA) is 85.1 Å². The van der Waals surface area contributed by atoms with Crippen molar-refractivity contribution < 1.29 is 8.42 Å². The SMILES string of the molecule is Cc1cc(Cl)c(N)cc1S(=O)(=O)Nc1nc2c(s1)CCC2. The number of halogens is 1. The Morgan fingerprint density at radius 2 is 2.14 bits per heavy atom. The number of aromatic nitrogens is 1. The van der Waals surface area contributed by atoms with Gasteiger partial charge in [0.2, 0.25) is 0 Å². The zero-order chi connectivity index (χ0) is 15.2. The maximum Gasteiger partial charge on any atom is 0.264 e. The number of nitrogens with zero attached hydrogens (tertiary/aromatic N) is 1. The van der Waals surface area contributed by atoms with Crippen LogP contribution in [0.1, 0.15) is 22.6 Å². The summed E-state index contributed by atoms with van der Waals surface area (Å²) in [6.07, 6.45) is 2.98. The van der Waals surface area contributed by atoms with Gasteiger partial charge < -0.3 is 5.73 Å². The van der Waals surface area contributed by atoms with Crippen LogP contribution in [-0.4, -0.2) is 13.4 Å². The Hall–Kier alpha value is -1.31. The minimum Gasteiger partial charge on any atom is -0.397 e. The number of anilines is 2. The zero-order valence-corrected chi connectivity index (χ0v) is 13.7. The summed E-state index contributed by atoms with van der Waals surface area (Å²) < 4.78 is 27.5. The van der Waals surface area contributed by atoms with E-state index in [0.717, 1.165) is 25.0 Å². The van der Waals surface area contributed by atoms with Gasteiger partial charge in [0.25, 0.3) is 10.0 Å². The van der Waals surface area contributed by atoms with Crippen molar-refractivity contribution in [2.75, 3.05) is 10.5 Å². The first-order valence-corrected chi connectivity index (χ1v) is 9.11. The first-order chi connectivity index (χ1) is 9.87. The van der Waals surface area contributed by atoms with Gasteiger partial charge in [0, 0.05) is 4.88 Å². The van der Waals surface area contributed by atoms with Gasteiger partial charge in [-0.25, -0.2) is 13.4 Å². The summed E-state index contributed by atoms with van der Waals surface area (Å²) >= 11 is 7.29. The van der Waals surface area contributed by atoms with Gasteiger partial charge in [-0.05, 0) is 43.9 Å². The van der Waals surface area contributed by atoms with Crippen LogP contribution in [-0.2, 0) is 22.9 Å². The molecule has 1 aliphatic rings. The fourth-order valence-electron chi connectivity index (χ4n) is 2.36. The highest BCUT2D eigenvalue weighted by atomic mass is 35.5. The number of nitrogens with one attached hydrogen (secondary N) is 1. The third kappa shape index (κ3) is 2.73. The third-order valence-electron chi connectivity index (χ3n) is 3.40. The van der Waals surface area contributed by atoms with Gasteiger partial charge in [-0.2, -0.15) is 0 Å². The minimum atomic E-state index is -3.71. The average molecular weight is 344 g/mol. The van der Waals surface area contributed by atoms with Gasteiger partial charge in [0.15, 0.2) is 5.13 Å². The molecule has 0 amide bonds. The van der Waals surface area contributed by atoms with Crippen molar-refractivity contribution in [2.45, 2.75) is 31.1 Å². The highest BCUT2D eigenvalue weighted by Crippen LogP contribution is 2.33. The fourth-order valence-corrected chi connectivity index (χ4v) is 5.13. The predicted molar refractivity (Wildman–Crippen MR) is 85.5 cm³/mol. The molecule has 3 rings (SSSR count). The molecule has 8 heteroatoms. The molecule has 0 fully saturated rings. The van der Waals surface area contributed by atoms with Crippen LogP contribution in [0.4, 0.5) is 10.8 Å². The van der Waals surface area contributed by atoms with Crippen LogP contribution < -0.4 is 10.5 Å². The Kier molecular flexibility index (Phi) is 3.59. The van der Waals surface area contributed by atoms with Gasteiger partial charge >= 0.3 is 0 Å². The number of thiazole rings is 1. The van der Waals surface area contributed by atoms with Crippen LogP contribution in [0.3, 0.4) is 0 Å². The molecule has 0 saturated heterocycles. The summed E-state index contributed by atoms with van der Waals surface area (Å²) in [4.78, 5) is 5.63. The molecule has 0 bridgehead atoms. The monoisotopic (exact) mass is 343 g/mol. The van der Waals surface area contributed by atoms with E-state index >= 15 is 0 Å². The molecule has 0 aliphatic heterocycles. The summed E-state index contributed by atoms with van der Waals surface area (Å²) in [5, 5.41) is 0.757. The standard InChI is InChI=1S/C13H14ClN3O2S2/c1-7-5-8(14)9(15)6-12(7)21(18,19)17-13-16-10-3-2-4-11(10)20-13/h5-6H,2-4,15H2,1H3,(H,16,17). The molecule has 1 heterocycles. The number of nitrogen functional groups attached to an aromatic ring is 1. The summed E-state index contributed by atoms with van der Waals surface area (Å²) in [5.74, 6) is 0. The van der Waals surface area contributed by atoms with Gasteiger partial charge in [-0.15, -0.1) is 11.3 Å². The Morgan fingerprint density at radius 1 is 1.38 bits per heavy atom. The molecule has 21 heavy (non-hydrogen) atoms. The Morgan fingerprint density at radius 3 is 2.86 bits per heavy atom. The van der Waals surface area contributed by atoms with E-state index in [1.54, 1.807) is 13.0 Å². The Balaban J connectivity index is 1.95. The number of benzene rings is 1. The lowest BCUT2D eigenvalue weighted by atomic mass is 10.2. The molecule has 1 aromatic heterocycles. The average Bonchev–Trinajstić information content (AvgIpc) is 2.93. The van der Waals surface area contributed by atoms with E-state index < -0.39 is 10.0 Å². The molecule has 2 aromatic rings. The first kappa shape index (κ1) is 14.6. The van der Waals surface area contributed by atoms with Crippen molar-refractivity contribution in [1.29, 1.82) is 0 Å². The molecule has 0 saturated carbocycles. The number of nitrogens with two attached hydrogens (primary N) is 1. The van der Waals surface area contributed by atoms with Crippen LogP contribution in [0, 0.1) is 6.92 Å². The summed E-state index contributed by atoms with van der Waals surface area (Å²) in [7, 11) is -3.71. The molecular weight excluding hydrogens is 330 g/mol. The molecule has 1 aromatic carbocycles. The highest BCUT2D eigenvalue weighted by molar-refractivity contribution is 7.93. The quantitative estimate of drug-likeness (QED) is 0.839. The second kappa shape index (κ2) is 5.15. The van der Waals surface area contributed by atoms with Gasteiger partial charge in [-0.3, -0.25) is 4.72 Å². The normalized spacial score (nSPS) is 14.2. The lowest BCUT2D eigenvalue weighted by Gasteiger charge is -2.10. The lowest BCUT2D eigenvalue weighted by molar-refractivity contribution is 0.600. The number of fused-ring (bicyclic) bond motifs is 1. The predicted octanol–water partition coefficient (Wildman–Crippen LogP) is 2.98. The molecule has 5 nitrogen and oxygen atoms in total. The molecule has 112 valence electrons. The smallest absolute Gasteiger partial charge is 0.264 e. The van der Waals surface area contributed by atoms with Gasteiger partial charge in [0.05, 0.1) is 21.3 Å². The molecule has 0 radical (unpaired) electrons. The van der Waals surface area contributed by atoms with Crippen LogP contribution in [0.25, 0.3) is 0 Å². The first-order valence-electron chi connectivity index (χ1n) is 6.44. The van der Waals surface area contributed by atoms with E-state index in [4.69, 9.17) is 17.3 Å². The zero-order valence-electron chi connectivity index (χ0n) is 11.3. The second-order valence-corrected chi connectivity index (χ2v) is 8.13. The minimum absolute atomic E-state index is 0.125. The van der Waals surface area contributed by atoms with Gasteiger partial charge in [0.1, 0.15) is 0 Å². The van der Waals surface area contributed by atoms with E-state index in [1.807, 2.05) is 0 Å². The van der Waals surface area contributed by atoms with Crippen LogP contribution in [0.5, 0.6) is 0 Å². The van der Waals surface area contributed by atoms with Crippen molar-refractivity contribution in [3.8, 4) is 0 Å². The Bertz CT molecular complexity index is 794. The van der Waals surface area contributed by atoms with Crippen molar-refractivity contribution in [3.05, 3.63) is 33.3 Å². The van der Waals surface area contributed by atoms with E-state index in [2.05, 4.69) is 9.71 Å². The summed E-state index contributed by atoms with van der Waals surface area (Å²) in [6, 6.07) is 2.93. The molecule has 1 aliphatic carbocycles. The third-order valence-corrected chi connectivity index (χ3v) is 6.41. The number of hydrogen-bond donors (Lipinski definition) is 2. The fraction of sp³-hybridized carbons (Fsp3) is 0.308. The maximum absolute atomic E-state index is 12.5. The lowest BCUT2D eigenvalue weighted by Crippen LogP contribution is -2.14. The molecule has 0 unspecified atom stereocenters. The second-order valence-electron chi connectivity index (χ2n) is 4.99. The summed E-state index contributed by atoms with van der Waals surface area (Å²) in [6.45, 7) is 1.68. The number of hydrogen-bond acceptors (Lipinski definition) is 5. The van der Waals surface area contributed by atoms with Gasteiger partial charge in [-0.1, -0.05) is 11.6 Å². The van der Waals surface area contributed by atoms with E-state index in [9.17, 15) is 8.42 Å². The van der Waals surface area contributed by atoms with E-state index in [1.165, 1.54) is 22.3 Å². The van der Waals surface area contributed by atoms with Crippen LogP contribution in [0.2, 0.25) is 5.02 Å².